The number of aryl methyl sites for hydroxylation is 1. The molecule has 1 fully saturated rings. The molecular formula is C28H38O4. The second kappa shape index (κ2) is 11.0. The van der Waals surface area contributed by atoms with Crippen LogP contribution in [0.5, 0.6) is 11.5 Å². The molecule has 1 aliphatic rings. The Balaban J connectivity index is 1.48. The van der Waals surface area contributed by atoms with Gasteiger partial charge in [-0.3, -0.25) is 4.79 Å². The molecule has 2 aromatic carbocycles. The number of aromatic hydroxyl groups is 1. The Morgan fingerprint density at radius 2 is 1.78 bits per heavy atom. The Morgan fingerprint density at radius 1 is 1.06 bits per heavy atom. The maximum absolute atomic E-state index is 12.8. The first-order chi connectivity index (χ1) is 15.3. The summed E-state index contributed by atoms with van der Waals surface area (Å²) in [7, 11) is 0. The van der Waals surface area contributed by atoms with E-state index in [0.29, 0.717) is 24.7 Å². The fourth-order valence-corrected chi connectivity index (χ4v) is 4.65. The van der Waals surface area contributed by atoms with Crippen molar-refractivity contribution in [2.75, 3.05) is 6.61 Å². The van der Waals surface area contributed by atoms with Crippen molar-refractivity contribution in [1.82, 2.24) is 0 Å². The number of hydrogen-bond donors (Lipinski definition) is 2. The van der Waals surface area contributed by atoms with Crippen molar-refractivity contribution in [2.45, 2.75) is 77.7 Å². The quantitative estimate of drug-likeness (QED) is 0.507. The lowest BCUT2D eigenvalue weighted by Crippen LogP contribution is -2.26. The topological polar surface area (TPSA) is 66.8 Å². The van der Waals surface area contributed by atoms with Gasteiger partial charge in [-0.25, -0.2) is 0 Å². The van der Waals surface area contributed by atoms with Gasteiger partial charge in [0.15, 0.2) is 0 Å². The van der Waals surface area contributed by atoms with Crippen molar-refractivity contribution in [1.29, 1.82) is 0 Å². The van der Waals surface area contributed by atoms with E-state index in [4.69, 9.17) is 9.84 Å². The van der Waals surface area contributed by atoms with Gasteiger partial charge in [-0.1, -0.05) is 51.5 Å². The molecule has 2 atom stereocenters. The van der Waals surface area contributed by atoms with E-state index in [1.54, 1.807) is 12.1 Å². The minimum Gasteiger partial charge on any atom is -0.508 e. The largest absolute Gasteiger partial charge is 0.508 e. The normalized spacial score (nSPS) is 19.0. The minimum absolute atomic E-state index is 0.0651. The van der Waals surface area contributed by atoms with Crippen LogP contribution in [0, 0.1) is 11.8 Å². The monoisotopic (exact) mass is 438 g/mol. The number of aliphatic hydroxyl groups is 1. The van der Waals surface area contributed by atoms with Gasteiger partial charge < -0.3 is 14.9 Å². The van der Waals surface area contributed by atoms with E-state index in [1.165, 1.54) is 5.56 Å². The molecular weight excluding hydrogens is 400 g/mol. The Bertz CT molecular complexity index is 879. The lowest BCUT2D eigenvalue weighted by atomic mass is 9.78. The molecule has 4 heteroatoms. The number of carbonyl (C=O) groups is 1. The van der Waals surface area contributed by atoms with Crippen LogP contribution in [0.4, 0.5) is 0 Å². The molecule has 32 heavy (non-hydrogen) atoms. The summed E-state index contributed by atoms with van der Waals surface area (Å²) in [5, 5.41) is 19.0. The molecule has 3 rings (SSSR count). The SMILES string of the molecule is CC(C)(C)c1cc(O)ccc1OCC1CCCC(C(=O)CCCc2ccc(CO)cc2)C1. The average molecular weight is 439 g/mol. The molecule has 0 amide bonds. The molecule has 0 saturated heterocycles. The van der Waals surface area contributed by atoms with Gasteiger partial charge in [0.05, 0.1) is 13.2 Å². The highest BCUT2D eigenvalue weighted by Gasteiger charge is 2.28. The van der Waals surface area contributed by atoms with Crippen LogP contribution in [-0.2, 0) is 23.2 Å². The molecule has 0 aromatic heterocycles. The second-order valence-electron chi connectivity index (χ2n) is 10.3. The molecule has 0 bridgehead atoms. The molecule has 2 N–H and O–H groups in total. The molecule has 0 spiro atoms. The van der Waals surface area contributed by atoms with Crippen molar-refractivity contribution in [3.8, 4) is 11.5 Å². The fraction of sp³-hybridized carbons (Fsp3) is 0.536. The van der Waals surface area contributed by atoms with E-state index in [-0.39, 0.29) is 23.7 Å². The number of carbonyl (C=O) groups excluding carboxylic acids is 1. The zero-order chi connectivity index (χ0) is 23.1. The van der Waals surface area contributed by atoms with Gasteiger partial charge in [0.1, 0.15) is 17.3 Å². The minimum atomic E-state index is -0.114. The van der Waals surface area contributed by atoms with Gasteiger partial charge in [0.25, 0.3) is 0 Å². The maximum atomic E-state index is 12.8. The van der Waals surface area contributed by atoms with Gasteiger partial charge >= 0.3 is 0 Å². The summed E-state index contributed by atoms with van der Waals surface area (Å²) in [6, 6.07) is 13.3. The molecule has 0 heterocycles. The zero-order valence-electron chi connectivity index (χ0n) is 19.8. The highest BCUT2D eigenvalue weighted by molar-refractivity contribution is 5.81. The van der Waals surface area contributed by atoms with Crippen molar-refractivity contribution < 1.29 is 19.7 Å². The Labute approximate surface area is 192 Å². The highest BCUT2D eigenvalue weighted by atomic mass is 16.5. The standard InChI is InChI=1S/C28H38O4/c1-28(2,3)25-17-24(30)14-15-27(25)32-19-22-7-4-8-23(16-22)26(31)9-5-6-20-10-12-21(18-29)13-11-20/h10-15,17,22-23,29-30H,4-9,16,18-19H2,1-3H3. The molecule has 0 radical (unpaired) electrons. The predicted octanol–water partition coefficient (Wildman–Crippen LogP) is 5.96. The summed E-state index contributed by atoms with van der Waals surface area (Å²) in [6.07, 6.45) is 6.48. The molecule has 1 saturated carbocycles. The zero-order valence-corrected chi connectivity index (χ0v) is 19.8. The van der Waals surface area contributed by atoms with Crippen molar-refractivity contribution >= 4 is 5.78 Å². The number of aliphatic hydroxyl groups excluding tert-OH is 1. The number of hydrogen-bond acceptors (Lipinski definition) is 4. The van der Waals surface area contributed by atoms with Gasteiger partial charge in [-0.05, 0) is 72.8 Å². The third-order valence-electron chi connectivity index (χ3n) is 6.58. The molecule has 1 aliphatic carbocycles. The van der Waals surface area contributed by atoms with E-state index in [2.05, 4.69) is 20.8 Å². The third kappa shape index (κ3) is 6.83. The van der Waals surface area contributed by atoms with Crippen LogP contribution in [0.15, 0.2) is 42.5 Å². The van der Waals surface area contributed by atoms with E-state index >= 15 is 0 Å². The molecule has 2 unspecified atom stereocenters. The summed E-state index contributed by atoms with van der Waals surface area (Å²) in [4.78, 5) is 12.8. The van der Waals surface area contributed by atoms with E-state index in [9.17, 15) is 9.90 Å². The second-order valence-corrected chi connectivity index (χ2v) is 10.3. The van der Waals surface area contributed by atoms with E-state index in [0.717, 1.165) is 55.4 Å². The number of rotatable bonds is 9. The molecule has 4 nitrogen and oxygen atoms in total. The first kappa shape index (κ1) is 24.3. The summed E-state index contributed by atoms with van der Waals surface area (Å²) < 4.78 is 6.20. The van der Waals surface area contributed by atoms with Crippen LogP contribution in [0.1, 0.15) is 76.0 Å². The maximum Gasteiger partial charge on any atom is 0.135 e. The average Bonchev–Trinajstić information content (AvgIpc) is 2.78. The van der Waals surface area contributed by atoms with Crippen LogP contribution < -0.4 is 4.74 Å². The molecule has 174 valence electrons. The Morgan fingerprint density at radius 3 is 2.47 bits per heavy atom. The van der Waals surface area contributed by atoms with Crippen LogP contribution in [-0.4, -0.2) is 22.6 Å². The smallest absolute Gasteiger partial charge is 0.135 e. The first-order valence-corrected chi connectivity index (χ1v) is 11.9. The summed E-state index contributed by atoms with van der Waals surface area (Å²) >= 11 is 0. The summed E-state index contributed by atoms with van der Waals surface area (Å²) in [5.41, 5.74) is 3.03. The number of ketones is 1. The van der Waals surface area contributed by atoms with Crippen LogP contribution in [0.3, 0.4) is 0 Å². The van der Waals surface area contributed by atoms with Crippen molar-refractivity contribution in [2.24, 2.45) is 11.8 Å². The van der Waals surface area contributed by atoms with Gasteiger partial charge in [-0.2, -0.15) is 0 Å². The fourth-order valence-electron chi connectivity index (χ4n) is 4.65. The van der Waals surface area contributed by atoms with Gasteiger partial charge in [0.2, 0.25) is 0 Å². The van der Waals surface area contributed by atoms with E-state index in [1.807, 2.05) is 30.3 Å². The van der Waals surface area contributed by atoms with Crippen LogP contribution in [0.2, 0.25) is 0 Å². The van der Waals surface area contributed by atoms with Crippen molar-refractivity contribution in [3.63, 3.8) is 0 Å². The summed E-state index contributed by atoms with van der Waals surface area (Å²) in [6.45, 7) is 7.03. The summed E-state index contributed by atoms with van der Waals surface area (Å²) in [5.74, 6) is 2.02. The third-order valence-corrected chi connectivity index (χ3v) is 6.58. The lowest BCUT2D eigenvalue weighted by molar-refractivity contribution is -0.124. The van der Waals surface area contributed by atoms with Crippen molar-refractivity contribution in [3.05, 3.63) is 59.2 Å². The number of phenols is 1. The Kier molecular flexibility index (Phi) is 8.36. The lowest BCUT2D eigenvalue weighted by Gasteiger charge is -2.29. The molecule has 2 aromatic rings. The van der Waals surface area contributed by atoms with Gasteiger partial charge in [0, 0.05) is 17.9 Å². The van der Waals surface area contributed by atoms with Gasteiger partial charge in [-0.15, -0.1) is 0 Å². The number of Topliss-reactive ketones (excluding diaryl/α,β-unsaturated/α-hetero) is 1. The van der Waals surface area contributed by atoms with Crippen LogP contribution >= 0.6 is 0 Å². The van der Waals surface area contributed by atoms with Crippen LogP contribution in [0.25, 0.3) is 0 Å². The van der Waals surface area contributed by atoms with E-state index < -0.39 is 0 Å². The number of phenolic OH excluding ortho intramolecular Hbond substituents is 1. The number of ether oxygens (including phenoxy) is 1. The highest BCUT2D eigenvalue weighted by Crippen LogP contribution is 2.36. The predicted molar refractivity (Wildman–Crippen MR) is 128 cm³/mol. The first-order valence-electron chi connectivity index (χ1n) is 11.9. The Hall–Kier alpha value is -2.33. The molecule has 0 aliphatic heterocycles. The number of benzene rings is 2.